The molecule has 0 atom stereocenters. The summed E-state index contributed by atoms with van der Waals surface area (Å²) in [5, 5.41) is 12.7. The Morgan fingerprint density at radius 3 is 2.68 bits per heavy atom. The molecule has 28 heavy (non-hydrogen) atoms. The Kier molecular flexibility index (Phi) is 7.77. The number of rotatable bonds is 10. The maximum absolute atomic E-state index is 12.0. The number of carbonyl (C=O) groups is 1. The molecule has 0 saturated heterocycles. The standard InChI is InChI=1S/C21H30N4O2S/c1-3-16-10-12-18(13-11-16)27-15-20(26)22-14-6-9-19-23-24-21(28-2)25(19)17-7-4-5-8-17/h10-13,17H,3-9,14-15H2,1-2H3,(H,22,26). The average molecular weight is 403 g/mol. The summed E-state index contributed by atoms with van der Waals surface area (Å²) < 4.78 is 7.87. The molecule has 0 spiro atoms. The summed E-state index contributed by atoms with van der Waals surface area (Å²) in [6.07, 6.45) is 9.71. The maximum atomic E-state index is 12.0. The number of nitrogens with zero attached hydrogens (tertiary/aromatic N) is 3. The molecule has 1 amide bonds. The molecule has 0 radical (unpaired) electrons. The zero-order valence-corrected chi connectivity index (χ0v) is 17.6. The lowest BCUT2D eigenvalue weighted by Gasteiger charge is -2.16. The zero-order chi connectivity index (χ0) is 19.8. The minimum Gasteiger partial charge on any atom is -0.484 e. The van der Waals surface area contributed by atoms with Gasteiger partial charge >= 0.3 is 0 Å². The zero-order valence-electron chi connectivity index (χ0n) is 16.8. The lowest BCUT2D eigenvalue weighted by Crippen LogP contribution is -2.30. The molecule has 1 heterocycles. The van der Waals surface area contributed by atoms with E-state index in [2.05, 4.69) is 33.3 Å². The Morgan fingerprint density at radius 2 is 2.00 bits per heavy atom. The third-order valence-corrected chi connectivity index (χ3v) is 5.85. The van der Waals surface area contributed by atoms with Gasteiger partial charge in [0.25, 0.3) is 5.91 Å². The van der Waals surface area contributed by atoms with Crippen LogP contribution in [0.2, 0.25) is 0 Å². The van der Waals surface area contributed by atoms with Gasteiger partial charge < -0.3 is 14.6 Å². The van der Waals surface area contributed by atoms with Crippen LogP contribution in [0.3, 0.4) is 0 Å². The van der Waals surface area contributed by atoms with Crippen LogP contribution in [0, 0.1) is 0 Å². The molecule has 1 saturated carbocycles. The normalized spacial score (nSPS) is 14.4. The minimum absolute atomic E-state index is 0.0420. The molecule has 0 bridgehead atoms. The molecule has 1 fully saturated rings. The first kappa shape index (κ1) is 20.7. The number of aryl methyl sites for hydroxylation is 2. The molecular formula is C21H30N4O2S. The number of amides is 1. The Bertz CT molecular complexity index is 754. The van der Waals surface area contributed by atoms with E-state index in [0.717, 1.165) is 36.0 Å². The maximum Gasteiger partial charge on any atom is 0.257 e. The van der Waals surface area contributed by atoms with Crippen LogP contribution in [0.4, 0.5) is 0 Å². The van der Waals surface area contributed by atoms with Crippen molar-refractivity contribution in [2.45, 2.75) is 63.1 Å². The Hall–Kier alpha value is -2.02. The van der Waals surface area contributed by atoms with Crippen molar-refractivity contribution in [1.29, 1.82) is 0 Å². The van der Waals surface area contributed by atoms with E-state index < -0.39 is 0 Å². The number of thioether (sulfide) groups is 1. The van der Waals surface area contributed by atoms with Gasteiger partial charge in [0.1, 0.15) is 11.6 Å². The number of hydrogen-bond acceptors (Lipinski definition) is 5. The summed E-state index contributed by atoms with van der Waals surface area (Å²) in [6, 6.07) is 8.40. The minimum atomic E-state index is -0.0957. The summed E-state index contributed by atoms with van der Waals surface area (Å²) in [6.45, 7) is 2.77. The van der Waals surface area contributed by atoms with Gasteiger partial charge in [0.05, 0.1) is 0 Å². The number of ether oxygens (including phenoxy) is 1. The first-order chi connectivity index (χ1) is 13.7. The fourth-order valence-corrected chi connectivity index (χ4v) is 4.22. The first-order valence-electron chi connectivity index (χ1n) is 10.2. The van der Waals surface area contributed by atoms with E-state index in [1.807, 2.05) is 24.3 Å². The van der Waals surface area contributed by atoms with E-state index in [1.165, 1.54) is 31.2 Å². The molecule has 152 valence electrons. The van der Waals surface area contributed by atoms with Crippen LogP contribution in [0.15, 0.2) is 29.4 Å². The van der Waals surface area contributed by atoms with Gasteiger partial charge in [-0.3, -0.25) is 4.79 Å². The van der Waals surface area contributed by atoms with Crippen LogP contribution < -0.4 is 10.1 Å². The third kappa shape index (κ3) is 5.50. The van der Waals surface area contributed by atoms with Gasteiger partial charge in [-0.2, -0.15) is 0 Å². The fourth-order valence-electron chi connectivity index (χ4n) is 3.64. The van der Waals surface area contributed by atoms with Gasteiger partial charge in [-0.25, -0.2) is 0 Å². The molecule has 1 aromatic heterocycles. The monoisotopic (exact) mass is 402 g/mol. The highest BCUT2D eigenvalue weighted by atomic mass is 32.2. The van der Waals surface area contributed by atoms with Crippen LogP contribution in [-0.2, 0) is 17.6 Å². The van der Waals surface area contributed by atoms with Gasteiger partial charge in [-0.05, 0) is 49.6 Å². The van der Waals surface area contributed by atoms with Gasteiger partial charge in [0, 0.05) is 19.0 Å². The molecule has 0 unspecified atom stereocenters. The lowest BCUT2D eigenvalue weighted by atomic mass is 10.2. The molecule has 1 aliphatic carbocycles. The number of aromatic nitrogens is 3. The van der Waals surface area contributed by atoms with Gasteiger partial charge in [0.15, 0.2) is 11.8 Å². The molecule has 3 rings (SSSR count). The highest BCUT2D eigenvalue weighted by molar-refractivity contribution is 7.98. The molecule has 2 aromatic rings. The number of nitrogens with one attached hydrogen (secondary N) is 1. The second-order valence-electron chi connectivity index (χ2n) is 7.15. The van der Waals surface area contributed by atoms with Crippen molar-refractivity contribution in [3.05, 3.63) is 35.7 Å². The molecular weight excluding hydrogens is 372 g/mol. The smallest absolute Gasteiger partial charge is 0.257 e. The number of hydrogen-bond donors (Lipinski definition) is 1. The van der Waals surface area contributed by atoms with E-state index in [4.69, 9.17) is 4.74 Å². The number of benzene rings is 1. The van der Waals surface area contributed by atoms with Crippen LogP contribution >= 0.6 is 11.8 Å². The van der Waals surface area contributed by atoms with Crippen molar-refractivity contribution < 1.29 is 9.53 Å². The Morgan fingerprint density at radius 1 is 1.25 bits per heavy atom. The van der Waals surface area contributed by atoms with Gasteiger partial charge in [-0.15, -0.1) is 10.2 Å². The second kappa shape index (κ2) is 10.5. The van der Waals surface area contributed by atoms with Crippen LogP contribution in [0.1, 0.15) is 56.5 Å². The van der Waals surface area contributed by atoms with Crippen molar-refractivity contribution in [2.24, 2.45) is 0 Å². The van der Waals surface area contributed by atoms with Crippen molar-refractivity contribution in [2.75, 3.05) is 19.4 Å². The average Bonchev–Trinajstić information content (AvgIpc) is 3.39. The highest BCUT2D eigenvalue weighted by Crippen LogP contribution is 2.33. The molecule has 6 nitrogen and oxygen atoms in total. The Labute approximate surface area is 171 Å². The lowest BCUT2D eigenvalue weighted by molar-refractivity contribution is -0.123. The van der Waals surface area contributed by atoms with Gasteiger partial charge in [-0.1, -0.05) is 43.7 Å². The van der Waals surface area contributed by atoms with E-state index in [1.54, 1.807) is 11.8 Å². The molecule has 1 N–H and O–H groups in total. The molecule has 0 aliphatic heterocycles. The first-order valence-corrected chi connectivity index (χ1v) is 11.4. The fraction of sp³-hybridized carbons (Fsp3) is 0.571. The molecule has 1 aromatic carbocycles. The van der Waals surface area contributed by atoms with Crippen LogP contribution in [0.5, 0.6) is 5.75 Å². The summed E-state index contributed by atoms with van der Waals surface area (Å²) in [5.41, 5.74) is 1.26. The summed E-state index contributed by atoms with van der Waals surface area (Å²) in [5.74, 6) is 1.67. The van der Waals surface area contributed by atoms with Crippen molar-refractivity contribution in [3.63, 3.8) is 0 Å². The van der Waals surface area contributed by atoms with E-state index >= 15 is 0 Å². The third-order valence-electron chi connectivity index (χ3n) is 5.21. The van der Waals surface area contributed by atoms with E-state index in [0.29, 0.717) is 12.6 Å². The predicted molar refractivity (Wildman–Crippen MR) is 112 cm³/mol. The van der Waals surface area contributed by atoms with Crippen LogP contribution in [-0.4, -0.2) is 40.1 Å². The number of carbonyl (C=O) groups excluding carboxylic acids is 1. The van der Waals surface area contributed by atoms with Gasteiger partial charge in [0.2, 0.25) is 0 Å². The predicted octanol–water partition coefficient (Wildman–Crippen LogP) is 3.81. The molecule has 7 heteroatoms. The van der Waals surface area contributed by atoms with E-state index in [9.17, 15) is 4.79 Å². The van der Waals surface area contributed by atoms with Crippen molar-refractivity contribution in [1.82, 2.24) is 20.1 Å². The second-order valence-corrected chi connectivity index (χ2v) is 7.92. The van der Waals surface area contributed by atoms with Crippen molar-refractivity contribution >= 4 is 17.7 Å². The summed E-state index contributed by atoms with van der Waals surface area (Å²) in [7, 11) is 0. The highest BCUT2D eigenvalue weighted by Gasteiger charge is 2.23. The summed E-state index contributed by atoms with van der Waals surface area (Å²) >= 11 is 1.66. The molecule has 1 aliphatic rings. The van der Waals surface area contributed by atoms with Crippen LogP contribution in [0.25, 0.3) is 0 Å². The topological polar surface area (TPSA) is 69.0 Å². The van der Waals surface area contributed by atoms with E-state index in [-0.39, 0.29) is 12.5 Å². The SMILES string of the molecule is CCc1ccc(OCC(=O)NCCCc2nnc(SC)n2C2CCCC2)cc1. The summed E-state index contributed by atoms with van der Waals surface area (Å²) in [4.78, 5) is 12.0. The Balaban J connectivity index is 1.40. The van der Waals surface area contributed by atoms with Crippen molar-refractivity contribution in [3.8, 4) is 5.75 Å². The quantitative estimate of drug-likeness (QED) is 0.483. The largest absolute Gasteiger partial charge is 0.484 e.